The lowest BCUT2D eigenvalue weighted by Gasteiger charge is -2.05. The summed E-state index contributed by atoms with van der Waals surface area (Å²) >= 11 is 4.99. The summed E-state index contributed by atoms with van der Waals surface area (Å²) in [6.07, 6.45) is 0. The summed E-state index contributed by atoms with van der Waals surface area (Å²) in [5.41, 5.74) is 6.90. The van der Waals surface area contributed by atoms with Gasteiger partial charge in [-0.15, -0.1) is 11.3 Å². The molecule has 0 saturated carbocycles. The summed E-state index contributed by atoms with van der Waals surface area (Å²) < 4.78 is 0.686. The first-order chi connectivity index (χ1) is 7.65. The van der Waals surface area contributed by atoms with Crippen molar-refractivity contribution in [3.8, 4) is 0 Å². The normalized spacial score (nSPS) is 10.4. The van der Waals surface area contributed by atoms with Crippen LogP contribution in [-0.2, 0) is 6.54 Å². The third-order valence-electron chi connectivity index (χ3n) is 2.09. The van der Waals surface area contributed by atoms with Crippen LogP contribution in [0.1, 0.15) is 10.4 Å². The molecule has 0 amide bonds. The molecule has 16 heavy (non-hydrogen) atoms. The smallest absolute Gasteiger partial charge is 0.226 e. The standard InChI is InChI=1S/C10H11BrN4S/c1-6-2-3-16-7(6)5-13-10-14-8(11)4-9(12)15-10/h2-4H,5H2,1H3,(H3,12,13,14,15). The van der Waals surface area contributed by atoms with Crippen molar-refractivity contribution in [2.75, 3.05) is 11.1 Å². The van der Waals surface area contributed by atoms with Crippen LogP contribution in [0.5, 0.6) is 0 Å². The van der Waals surface area contributed by atoms with E-state index in [9.17, 15) is 0 Å². The molecule has 0 aliphatic rings. The third-order valence-corrected chi connectivity index (χ3v) is 3.52. The highest BCUT2D eigenvalue weighted by atomic mass is 79.9. The zero-order valence-corrected chi connectivity index (χ0v) is 11.1. The van der Waals surface area contributed by atoms with Crippen molar-refractivity contribution in [2.45, 2.75) is 13.5 Å². The first-order valence-corrected chi connectivity index (χ1v) is 6.39. The molecule has 2 rings (SSSR count). The summed E-state index contributed by atoms with van der Waals surface area (Å²) in [7, 11) is 0. The SMILES string of the molecule is Cc1ccsc1CNc1nc(N)cc(Br)n1. The fourth-order valence-electron chi connectivity index (χ4n) is 1.26. The number of hydrogen-bond donors (Lipinski definition) is 2. The molecule has 0 aliphatic carbocycles. The van der Waals surface area contributed by atoms with Gasteiger partial charge in [0.1, 0.15) is 10.4 Å². The van der Waals surface area contributed by atoms with E-state index in [1.54, 1.807) is 17.4 Å². The largest absolute Gasteiger partial charge is 0.383 e. The highest BCUT2D eigenvalue weighted by Gasteiger charge is 2.03. The number of hydrogen-bond acceptors (Lipinski definition) is 5. The second-order valence-electron chi connectivity index (χ2n) is 3.32. The van der Waals surface area contributed by atoms with Gasteiger partial charge in [-0.05, 0) is 39.9 Å². The molecule has 2 aromatic rings. The molecule has 0 aliphatic heterocycles. The molecule has 4 nitrogen and oxygen atoms in total. The van der Waals surface area contributed by atoms with Crippen molar-refractivity contribution in [2.24, 2.45) is 0 Å². The van der Waals surface area contributed by atoms with Gasteiger partial charge in [0.15, 0.2) is 0 Å². The first-order valence-electron chi connectivity index (χ1n) is 4.72. The zero-order valence-electron chi connectivity index (χ0n) is 8.70. The van der Waals surface area contributed by atoms with Crippen LogP contribution in [0.15, 0.2) is 22.1 Å². The predicted octanol–water partition coefficient (Wildman–Crippen LogP) is 2.80. The van der Waals surface area contributed by atoms with E-state index in [0.717, 1.165) is 6.54 Å². The lowest BCUT2D eigenvalue weighted by Crippen LogP contribution is -2.05. The lowest BCUT2D eigenvalue weighted by atomic mass is 10.3. The number of rotatable bonds is 3. The Hall–Kier alpha value is -1.14. The van der Waals surface area contributed by atoms with Gasteiger partial charge in [0.05, 0.1) is 6.54 Å². The molecule has 0 fully saturated rings. The van der Waals surface area contributed by atoms with E-state index in [1.807, 2.05) is 0 Å². The average molecular weight is 299 g/mol. The van der Waals surface area contributed by atoms with Gasteiger partial charge in [-0.25, -0.2) is 4.98 Å². The predicted molar refractivity (Wildman–Crippen MR) is 70.5 cm³/mol. The molecule has 0 radical (unpaired) electrons. The number of anilines is 2. The third kappa shape index (κ3) is 2.70. The minimum Gasteiger partial charge on any atom is -0.383 e. The summed E-state index contributed by atoms with van der Waals surface area (Å²) in [6.45, 7) is 2.81. The highest BCUT2D eigenvalue weighted by Crippen LogP contribution is 2.17. The minimum atomic E-state index is 0.451. The van der Waals surface area contributed by atoms with Crippen molar-refractivity contribution in [1.29, 1.82) is 0 Å². The number of nitrogens with zero attached hydrogens (tertiary/aromatic N) is 2. The van der Waals surface area contributed by atoms with Crippen LogP contribution in [0.3, 0.4) is 0 Å². The van der Waals surface area contributed by atoms with E-state index in [0.29, 0.717) is 16.4 Å². The highest BCUT2D eigenvalue weighted by molar-refractivity contribution is 9.10. The summed E-state index contributed by atoms with van der Waals surface area (Å²) in [6, 6.07) is 3.76. The van der Waals surface area contributed by atoms with Gasteiger partial charge in [-0.3, -0.25) is 0 Å². The topological polar surface area (TPSA) is 63.8 Å². The van der Waals surface area contributed by atoms with Crippen LogP contribution < -0.4 is 11.1 Å². The molecule has 0 spiro atoms. The Labute approximate surface area is 106 Å². The summed E-state index contributed by atoms with van der Waals surface area (Å²) in [5, 5.41) is 5.22. The molecule has 84 valence electrons. The molecule has 0 unspecified atom stereocenters. The molecule has 2 heterocycles. The Bertz CT molecular complexity index is 477. The molecule has 0 bridgehead atoms. The number of halogens is 1. The van der Waals surface area contributed by atoms with Gasteiger partial charge in [0.2, 0.25) is 5.95 Å². The Balaban J connectivity index is 2.07. The van der Waals surface area contributed by atoms with Crippen LogP contribution in [0, 0.1) is 6.92 Å². The maximum Gasteiger partial charge on any atom is 0.226 e. The molecule has 0 aromatic carbocycles. The molecule has 0 atom stereocenters. The van der Waals surface area contributed by atoms with Gasteiger partial charge in [0.25, 0.3) is 0 Å². The Morgan fingerprint density at radius 2 is 2.31 bits per heavy atom. The first kappa shape index (κ1) is 11.3. The van der Waals surface area contributed by atoms with Gasteiger partial charge < -0.3 is 11.1 Å². The second kappa shape index (κ2) is 4.80. The monoisotopic (exact) mass is 298 g/mol. The molecular formula is C10H11BrN4S. The van der Waals surface area contributed by atoms with Gasteiger partial charge in [-0.2, -0.15) is 4.98 Å². The van der Waals surface area contributed by atoms with Crippen molar-refractivity contribution in [3.05, 3.63) is 32.6 Å². The van der Waals surface area contributed by atoms with E-state index in [-0.39, 0.29) is 0 Å². The Kier molecular flexibility index (Phi) is 3.40. The lowest BCUT2D eigenvalue weighted by molar-refractivity contribution is 1.06. The number of nitrogens with one attached hydrogen (secondary N) is 1. The van der Waals surface area contributed by atoms with E-state index >= 15 is 0 Å². The number of aromatic nitrogens is 2. The van der Waals surface area contributed by atoms with E-state index in [2.05, 4.69) is 49.6 Å². The number of thiophene rings is 1. The maximum atomic E-state index is 5.62. The zero-order chi connectivity index (χ0) is 11.5. The summed E-state index contributed by atoms with van der Waals surface area (Å²) in [4.78, 5) is 9.56. The van der Waals surface area contributed by atoms with Gasteiger partial charge in [-0.1, -0.05) is 0 Å². The van der Waals surface area contributed by atoms with Gasteiger partial charge in [0, 0.05) is 10.9 Å². The maximum absolute atomic E-state index is 5.62. The molecule has 6 heteroatoms. The van der Waals surface area contributed by atoms with Crippen molar-refractivity contribution >= 4 is 39.0 Å². The number of aryl methyl sites for hydroxylation is 1. The van der Waals surface area contributed by atoms with Crippen LogP contribution in [-0.4, -0.2) is 9.97 Å². The fourth-order valence-corrected chi connectivity index (χ4v) is 2.51. The minimum absolute atomic E-state index is 0.451. The van der Waals surface area contributed by atoms with Crippen LogP contribution in [0.4, 0.5) is 11.8 Å². The van der Waals surface area contributed by atoms with Crippen molar-refractivity contribution in [3.63, 3.8) is 0 Å². The summed E-state index contributed by atoms with van der Waals surface area (Å²) in [5.74, 6) is 0.993. The number of nitrogen functional groups attached to an aromatic ring is 1. The van der Waals surface area contributed by atoms with E-state index < -0.39 is 0 Å². The van der Waals surface area contributed by atoms with Crippen LogP contribution in [0.25, 0.3) is 0 Å². The van der Waals surface area contributed by atoms with Crippen LogP contribution in [0.2, 0.25) is 0 Å². The molecule has 3 N–H and O–H groups in total. The van der Waals surface area contributed by atoms with Crippen molar-refractivity contribution < 1.29 is 0 Å². The second-order valence-corrected chi connectivity index (χ2v) is 5.13. The average Bonchev–Trinajstić information content (AvgIpc) is 2.59. The van der Waals surface area contributed by atoms with E-state index in [4.69, 9.17) is 5.73 Å². The van der Waals surface area contributed by atoms with E-state index in [1.165, 1.54) is 10.4 Å². The Morgan fingerprint density at radius 1 is 1.50 bits per heavy atom. The van der Waals surface area contributed by atoms with Crippen molar-refractivity contribution in [1.82, 2.24) is 9.97 Å². The quantitative estimate of drug-likeness (QED) is 0.855. The fraction of sp³-hybridized carbons (Fsp3) is 0.200. The Morgan fingerprint density at radius 3 is 2.94 bits per heavy atom. The molecular weight excluding hydrogens is 288 g/mol. The molecule has 0 saturated heterocycles. The molecule has 2 aromatic heterocycles. The van der Waals surface area contributed by atoms with Crippen LogP contribution >= 0.6 is 27.3 Å². The van der Waals surface area contributed by atoms with Gasteiger partial charge >= 0.3 is 0 Å². The number of nitrogens with two attached hydrogens (primary N) is 1.